The highest BCUT2D eigenvalue weighted by atomic mass is 35.5. The van der Waals surface area contributed by atoms with Crippen LogP contribution in [0.2, 0.25) is 5.02 Å². The Hall–Kier alpha value is -3.15. The molecule has 0 aromatic heterocycles. The van der Waals surface area contributed by atoms with Gasteiger partial charge in [-0.15, -0.1) is 0 Å². The third-order valence-corrected chi connectivity index (χ3v) is 14.8. The molecule has 0 radical (unpaired) electrons. The molecule has 13 nitrogen and oxygen atoms in total. The van der Waals surface area contributed by atoms with Gasteiger partial charge in [-0.1, -0.05) is 45.7 Å². The van der Waals surface area contributed by atoms with Crippen LogP contribution < -0.4 is 0 Å². The van der Waals surface area contributed by atoms with Crippen LogP contribution in [0.1, 0.15) is 45.1 Å². The van der Waals surface area contributed by atoms with E-state index in [1.807, 2.05) is 13.8 Å². The number of carbonyl (C=O) groups is 2. The highest BCUT2D eigenvalue weighted by Gasteiger charge is 2.65. The zero-order valence-electron chi connectivity index (χ0n) is 30.2. The molecular formula is C37H46ClN4O9S2+. The molecule has 1 amide bonds. The molecule has 1 spiro atoms. The number of rotatable bonds is 9. The van der Waals surface area contributed by atoms with Gasteiger partial charge in [0.2, 0.25) is 15.9 Å². The Kier molecular flexibility index (Phi) is 10.2. The number of quaternary nitrogens is 1. The van der Waals surface area contributed by atoms with E-state index in [2.05, 4.69) is 4.90 Å². The number of hydroxylamine groups is 3. The number of hydrogen-bond donors (Lipinski definition) is 0. The van der Waals surface area contributed by atoms with E-state index >= 15 is 0 Å². The number of benzene rings is 3. The van der Waals surface area contributed by atoms with Crippen LogP contribution in [0.4, 0.5) is 0 Å². The molecule has 0 saturated carbocycles. The van der Waals surface area contributed by atoms with Gasteiger partial charge in [0, 0.05) is 37.0 Å². The number of esters is 1. The molecule has 4 aliphatic heterocycles. The number of piperazine rings is 1. The van der Waals surface area contributed by atoms with Crippen LogP contribution in [0.5, 0.6) is 0 Å². The summed E-state index contributed by atoms with van der Waals surface area (Å²) >= 11 is 6.12. The number of sulfonamides is 1. The number of likely N-dealkylation sites (tertiary alicyclic amines) is 2. The van der Waals surface area contributed by atoms with Gasteiger partial charge in [-0.25, -0.2) is 13.2 Å². The number of hydrogen-bond acceptors (Lipinski definition) is 10. The second-order valence-corrected chi connectivity index (χ2v) is 18.5. The molecule has 0 aliphatic carbocycles. The van der Waals surface area contributed by atoms with Crippen molar-refractivity contribution in [2.24, 2.45) is 0 Å². The molecule has 0 bridgehead atoms. The lowest BCUT2D eigenvalue weighted by atomic mass is 9.89. The maximum absolute atomic E-state index is 14.0. The van der Waals surface area contributed by atoms with Gasteiger partial charge in [0.25, 0.3) is 5.72 Å². The van der Waals surface area contributed by atoms with Crippen molar-refractivity contribution >= 4 is 54.4 Å². The minimum Gasteiger partial charge on any atom is -0.462 e. The van der Waals surface area contributed by atoms with Crippen molar-refractivity contribution < 1.29 is 44.8 Å². The molecule has 4 heterocycles. The van der Waals surface area contributed by atoms with Crippen molar-refractivity contribution in [1.29, 1.82) is 0 Å². The second kappa shape index (κ2) is 14.2. The van der Waals surface area contributed by atoms with Gasteiger partial charge in [-0.3, -0.25) is 14.6 Å². The summed E-state index contributed by atoms with van der Waals surface area (Å²) in [5.41, 5.74) is -1.83. The molecule has 53 heavy (non-hydrogen) atoms. The van der Waals surface area contributed by atoms with Crippen molar-refractivity contribution in [2.45, 2.75) is 73.6 Å². The minimum absolute atomic E-state index is 0.00931. The van der Waals surface area contributed by atoms with E-state index in [1.54, 1.807) is 55.5 Å². The van der Waals surface area contributed by atoms with E-state index in [-0.39, 0.29) is 33.6 Å². The van der Waals surface area contributed by atoms with Crippen molar-refractivity contribution in [2.75, 3.05) is 59.0 Å². The third-order valence-electron chi connectivity index (χ3n) is 11.4. The first-order valence-electron chi connectivity index (χ1n) is 18.1. The van der Waals surface area contributed by atoms with E-state index in [0.717, 1.165) is 28.1 Å². The highest BCUT2D eigenvalue weighted by molar-refractivity contribution is 7.89. The minimum atomic E-state index is -4.22. The van der Waals surface area contributed by atoms with Crippen LogP contribution in [0, 0.1) is 6.92 Å². The lowest BCUT2D eigenvalue weighted by Crippen LogP contribution is -2.67. The largest absolute Gasteiger partial charge is 0.462 e. The molecule has 4 saturated heterocycles. The van der Waals surface area contributed by atoms with Crippen molar-refractivity contribution in [3.05, 3.63) is 71.2 Å². The van der Waals surface area contributed by atoms with E-state index in [9.17, 15) is 26.4 Å². The number of fused-ring (bicyclic) bond motifs is 2. The lowest BCUT2D eigenvalue weighted by Gasteiger charge is -2.46. The van der Waals surface area contributed by atoms with Crippen LogP contribution in [-0.2, 0) is 43.5 Å². The Bertz CT molecular complexity index is 2120. The number of carbonyl (C=O) groups excluding carboxylic acids is 2. The molecular weight excluding hydrogens is 744 g/mol. The summed E-state index contributed by atoms with van der Waals surface area (Å²) in [5.74, 6) is -1.32. The zero-order chi connectivity index (χ0) is 37.8. The van der Waals surface area contributed by atoms with Gasteiger partial charge < -0.3 is 9.47 Å². The Labute approximate surface area is 316 Å². The summed E-state index contributed by atoms with van der Waals surface area (Å²) in [6.45, 7) is 7.68. The normalized spacial score (nSPS) is 26.9. The summed E-state index contributed by atoms with van der Waals surface area (Å²) < 4.78 is 73.6. The maximum atomic E-state index is 14.0. The first-order valence-corrected chi connectivity index (χ1v) is 21.4. The van der Waals surface area contributed by atoms with Crippen LogP contribution in [0.25, 0.3) is 10.8 Å². The quantitative estimate of drug-likeness (QED) is 0.230. The van der Waals surface area contributed by atoms with Crippen molar-refractivity contribution in [3.63, 3.8) is 0 Å². The number of ether oxygens (including phenoxy) is 2. The smallest absolute Gasteiger partial charge is 0.361 e. The average Bonchev–Trinajstić information content (AvgIpc) is 3.47. The Morgan fingerprint density at radius 3 is 2.23 bits per heavy atom. The molecule has 1 unspecified atom stereocenters. The molecule has 3 aromatic carbocycles. The standard InChI is InChI=1S/C37H46ClN4O9S2/c1-4-42(51-53(47,48)32-11-6-27(3)7-12-32)20-14-31(15-21-42)39-18-16-36(17-19-39)25-41-34(43)24-40(26-37(41,50-36)35(44)49-5-2)52(45,46)33-13-9-28-22-30(38)10-8-29(28)23-33/h6-13,22-23,31H,4-5,14-21,24-26H2,1-3H3/q+1. The molecule has 286 valence electrons. The summed E-state index contributed by atoms with van der Waals surface area (Å²) in [7, 11) is -8.17. The van der Waals surface area contributed by atoms with Crippen molar-refractivity contribution in [1.82, 2.24) is 14.1 Å². The van der Waals surface area contributed by atoms with Crippen LogP contribution >= 0.6 is 11.6 Å². The van der Waals surface area contributed by atoms with Crippen molar-refractivity contribution in [3.8, 4) is 0 Å². The van der Waals surface area contributed by atoms with Gasteiger partial charge in [-0.05, 0) is 80.8 Å². The Morgan fingerprint density at radius 1 is 0.925 bits per heavy atom. The first-order chi connectivity index (χ1) is 25.1. The number of nitrogens with zero attached hydrogens (tertiary/aromatic N) is 4. The SMILES string of the molecule is CCOC(=O)C12CN(S(=O)(=O)c3ccc4cc(Cl)ccc4c3)CC(=O)N1CC1(CCN(C3CC[N+](CC)(OS(=O)(=O)c4ccc(C)cc4)CC3)CC1)O2. The first kappa shape index (κ1) is 38.1. The average molecular weight is 790 g/mol. The molecule has 1 atom stereocenters. The highest BCUT2D eigenvalue weighted by Crippen LogP contribution is 2.45. The lowest BCUT2D eigenvalue weighted by molar-refractivity contribution is -1.08. The van der Waals surface area contributed by atoms with Gasteiger partial charge in [0.15, 0.2) is 0 Å². The monoisotopic (exact) mass is 789 g/mol. The van der Waals surface area contributed by atoms with Gasteiger partial charge in [-0.2, -0.15) is 17.4 Å². The van der Waals surface area contributed by atoms with E-state index < -0.39 is 56.4 Å². The van der Waals surface area contributed by atoms with Gasteiger partial charge >= 0.3 is 16.1 Å². The zero-order valence-corrected chi connectivity index (χ0v) is 32.6. The third kappa shape index (κ3) is 7.10. The number of piperidine rings is 2. The summed E-state index contributed by atoms with van der Waals surface area (Å²) in [6, 6.07) is 16.7. The van der Waals surface area contributed by atoms with E-state index in [0.29, 0.717) is 56.0 Å². The maximum Gasteiger partial charge on any atom is 0.361 e. The van der Waals surface area contributed by atoms with Crippen LogP contribution in [-0.4, -0.2) is 124 Å². The molecule has 4 fully saturated rings. The summed E-state index contributed by atoms with van der Waals surface area (Å²) in [4.78, 5) is 31.4. The van der Waals surface area contributed by atoms with Crippen LogP contribution in [0.15, 0.2) is 70.5 Å². The fourth-order valence-electron chi connectivity index (χ4n) is 8.28. The summed E-state index contributed by atoms with van der Waals surface area (Å²) in [5, 5.41) is 1.96. The van der Waals surface area contributed by atoms with Gasteiger partial charge in [0.05, 0.1) is 41.6 Å². The molecule has 7 rings (SSSR count). The molecule has 16 heteroatoms. The topological polar surface area (TPSA) is 140 Å². The molecule has 3 aromatic rings. The van der Waals surface area contributed by atoms with Crippen LogP contribution in [0.3, 0.4) is 0 Å². The predicted molar refractivity (Wildman–Crippen MR) is 196 cm³/mol. The Morgan fingerprint density at radius 2 is 1.57 bits per heavy atom. The number of aryl methyl sites for hydroxylation is 1. The van der Waals surface area contributed by atoms with E-state index in [1.165, 1.54) is 17.0 Å². The molecule has 0 N–H and O–H groups in total. The fourth-order valence-corrected chi connectivity index (χ4v) is 11.1. The number of amides is 1. The predicted octanol–water partition coefficient (Wildman–Crippen LogP) is 4.08. The Balaban J connectivity index is 1.04. The number of halogens is 1. The second-order valence-electron chi connectivity index (χ2n) is 14.6. The van der Waals surface area contributed by atoms with Gasteiger partial charge in [0.1, 0.15) is 19.6 Å². The van der Waals surface area contributed by atoms with E-state index in [4.69, 9.17) is 25.4 Å². The fraction of sp³-hybridized carbons (Fsp3) is 0.514. The summed E-state index contributed by atoms with van der Waals surface area (Å²) in [6.07, 6.45) is 2.50. The molecule has 4 aliphatic rings.